The van der Waals surface area contributed by atoms with Gasteiger partial charge in [-0.05, 0) is 18.9 Å². The number of hydrogen-bond acceptors (Lipinski definition) is 4. The van der Waals surface area contributed by atoms with Crippen LogP contribution in [-0.2, 0) is 11.8 Å². The van der Waals surface area contributed by atoms with E-state index in [1.807, 2.05) is 6.92 Å². The lowest BCUT2D eigenvalue weighted by atomic mass is 9.74. The summed E-state index contributed by atoms with van der Waals surface area (Å²) in [6, 6.07) is 8.44. The first kappa shape index (κ1) is 19.1. The number of benzene rings is 1. The molecule has 0 aliphatic carbocycles. The zero-order valence-corrected chi connectivity index (χ0v) is 15.5. The summed E-state index contributed by atoms with van der Waals surface area (Å²) in [7, 11) is 1.65. The van der Waals surface area contributed by atoms with Crippen LogP contribution < -0.4 is 5.56 Å². The SMILES string of the molecule is CCC[C@@]1(C(=O)O)CN(C(=O)c2cc(=O)n(C)c3ccccc23)CC[C@@H]1O. The molecule has 0 saturated carbocycles. The molecule has 1 amide bonds. The highest BCUT2D eigenvalue weighted by Crippen LogP contribution is 2.36. The van der Waals surface area contributed by atoms with E-state index in [0.717, 1.165) is 0 Å². The molecule has 1 fully saturated rings. The number of aliphatic hydroxyl groups excluding tert-OH is 1. The molecule has 1 aliphatic rings. The van der Waals surface area contributed by atoms with Gasteiger partial charge in [-0.2, -0.15) is 0 Å². The number of aliphatic hydroxyl groups is 1. The number of fused-ring (bicyclic) bond motifs is 1. The number of likely N-dealkylation sites (tertiary alicyclic amines) is 1. The van der Waals surface area contributed by atoms with Gasteiger partial charge in [-0.25, -0.2) is 0 Å². The van der Waals surface area contributed by atoms with Gasteiger partial charge in [0.05, 0.1) is 17.2 Å². The molecular formula is C20H24N2O5. The monoisotopic (exact) mass is 372 g/mol. The van der Waals surface area contributed by atoms with Crippen molar-refractivity contribution in [2.45, 2.75) is 32.3 Å². The summed E-state index contributed by atoms with van der Waals surface area (Å²) in [5.41, 5.74) is -0.769. The molecule has 0 bridgehead atoms. The number of rotatable bonds is 4. The Morgan fingerprint density at radius 2 is 2.00 bits per heavy atom. The van der Waals surface area contributed by atoms with Crippen molar-refractivity contribution in [2.75, 3.05) is 13.1 Å². The minimum absolute atomic E-state index is 0.0697. The molecule has 0 radical (unpaired) electrons. The Kier molecular flexibility index (Phi) is 5.06. The van der Waals surface area contributed by atoms with E-state index >= 15 is 0 Å². The molecule has 1 aromatic carbocycles. The van der Waals surface area contributed by atoms with Crippen LogP contribution in [0.5, 0.6) is 0 Å². The van der Waals surface area contributed by atoms with Gasteiger partial charge in [0.15, 0.2) is 0 Å². The number of pyridine rings is 1. The number of nitrogens with zero attached hydrogens (tertiary/aromatic N) is 2. The molecule has 1 aliphatic heterocycles. The number of aryl methyl sites for hydroxylation is 1. The fourth-order valence-corrected chi connectivity index (χ4v) is 4.02. The van der Waals surface area contributed by atoms with Crippen LogP contribution in [0.1, 0.15) is 36.5 Å². The zero-order valence-electron chi connectivity index (χ0n) is 15.5. The highest BCUT2D eigenvalue weighted by Gasteiger charge is 2.49. The van der Waals surface area contributed by atoms with Crippen molar-refractivity contribution in [3.63, 3.8) is 0 Å². The van der Waals surface area contributed by atoms with Gasteiger partial charge in [0.1, 0.15) is 5.41 Å². The van der Waals surface area contributed by atoms with Gasteiger partial charge >= 0.3 is 5.97 Å². The minimum Gasteiger partial charge on any atom is -0.481 e. The predicted molar refractivity (Wildman–Crippen MR) is 101 cm³/mol. The van der Waals surface area contributed by atoms with Crippen LogP contribution in [0, 0.1) is 5.41 Å². The van der Waals surface area contributed by atoms with Crippen LogP contribution in [0.25, 0.3) is 10.9 Å². The van der Waals surface area contributed by atoms with Gasteiger partial charge in [-0.1, -0.05) is 31.5 Å². The second-order valence-electron chi connectivity index (χ2n) is 7.21. The topological polar surface area (TPSA) is 99.8 Å². The Bertz CT molecular complexity index is 951. The van der Waals surface area contributed by atoms with Crippen molar-refractivity contribution >= 4 is 22.8 Å². The van der Waals surface area contributed by atoms with Crippen molar-refractivity contribution in [3.8, 4) is 0 Å². The molecule has 2 atom stereocenters. The number of carboxylic acids is 1. The Labute approximate surface area is 156 Å². The highest BCUT2D eigenvalue weighted by molar-refractivity contribution is 6.06. The molecule has 7 heteroatoms. The summed E-state index contributed by atoms with van der Waals surface area (Å²) in [5.74, 6) is -1.47. The van der Waals surface area contributed by atoms with Crippen molar-refractivity contribution in [3.05, 3.63) is 46.2 Å². The quantitative estimate of drug-likeness (QED) is 0.849. The Balaban J connectivity index is 2.04. The first-order valence-electron chi connectivity index (χ1n) is 9.11. The van der Waals surface area contributed by atoms with Crippen molar-refractivity contribution < 1.29 is 19.8 Å². The maximum atomic E-state index is 13.2. The maximum Gasteiger partial charge on any atom is 0.314 e. The number of amides is 1. The second-order valence-corrected chi connectivity index (χ2v) is 7.21. The van der Waals surface area contributed by atoms with Gasteiger partial charge < -0.3 is 19.7 Å². The van der Waals surface area contributed by atoms with E-state index in [2.05, 4.69) is 0 Å². The van der Waals surface area contributed by atoms with E-state index in [1.165, 1.54) is 15.5 Å². The van der Waals surface area contributed by atoms with Crippen LogP contribution in [-0.4, -0.2) is 50.8 Å². The lowest BCUT2D eigenvalue weighted by Gasteiger charge is -2.43. The van der Waals surface area contributed by atoms with Crippen LogP contribution in [0.4, 0.5) is 0 Å². The summed E-state index contributed by atoms with van der Waals surface area (Å²) in [5, 5.41) is 20.8. The molecule has 2 N–H and O–H groups in total. The average Bonchev–Trinajstić information content (AvgIpc) is 2.66. The van der Waals surface area contributed by atoms with E-state index in [4.69, 9.17) is 0 Å². The molecule has 0 unspecified atom stereocenters. The van der Waals surface area contributed by atoms with E-state index < -0.39 is 17.5 Å². The molecule has 0 spiro atoms. The molecule has 3 rings (SSSR count). The number of carbonyl (C=O) groups excluding carboxylic acids is 1. The fraction of sp³-hybridized carbons (Fsp3) is 0.450. The second kappa shape index (κ2) is 7.15. The number of hydrogen-bond donors (Lipinski definition) is 2. The summed E-state index contributed by atoms with van der Waals surface area (Å²) < 4.78 is 1.48. The first-order chi connectivity index (χ1) is 12.8. The highest BCUT2D eigenvalue weighted by atomic mass is 16.4. The standard InChI is InChI=1S/C20H24N2O5/c1-3-9-20(19(26)27)12-22(10-8-16(20)23)18(25)14-11-17(24)21(2)15-7-5-4-6-13(14)15/h4-7,11,16,23H,3,8-10,12H2,1-2H3,(H,26,27)/t16-,20+/m0/s1. The Morgan fingerprint density at radius 3 is 2.67 bits per heavy atom. The molecular weight excluding hydrogens is 348 g/mol. The third-order valence-corrected chi connectivity index (χ3v) is 5.58. The molecule has 27 heavy (non-hydrogen) atoms. The van der Waals surface area contributed by atoms with Gasteiger partial charge in [0, 0.05) is 31.6 Å². The first-order valence-corrected chi connectivity index (χ1v) is 9.11. The fourth-order valence-electron chi connectivity index (χ4n) is 4.02. The number of aromatic nitrogens is 1. The number of carbonyl (C=O) groups is 2. The summed E-state index contributed by atoms with van der Waals surface area (Å²) in [4.78, 5) is 38.9. The normalized spacial score (nSPS) is 22.8. The van der Waals surface area contributed by atoms with Crippen molar-refractivity contribution in [1.82, 2.24) is 9.47 Å². The number of para-hydroxylation sites is 1. The predicted octanol–water partition coefficient (Wildman–Crippen LogP) is 1.62. The van der Waals surface area contributed by atoms with Gasteiger partial charge in [-0.15, -0.1) is 0 Å². The number of carboxylic acid groups (broad SMARTS) is 1. The largest absolute Gasteiger partial charge is 0.481 e. The van der Waals surface area contributed by atoms with E-state index in [9.17, 15) is 24.6 Å². The molecule has 7 nitrogen and oxygen atoms in total. The van der Waals surface area contributed by atoms with E-state index in [0.29, 0.717) is 17.3 Å². The van der Waals surface area contributed by atoms with E-state index in [1.54, 1.807) is 31.3 Å². The molecule has 1 saturated heterocycles. The van der Waals surface area contributed by atoms with Crippen LogP contribution in [0.15, 0.2) is 35.1 Å². The number of piperidine rings is 1. The molecule has 2 heterocycles. The summed E-state index contributed by atoms with van der Waals surface area (Å²) in [6.45, 7) is 2.04. The van der Waals surface area contributed by atoms with Gasteiger partial charge in [0.25, 0.3) is 11.5 Å². The summed E-state index contributed by atoms with van der Waals surface area (Å²) in [6.07, 6.45) is 0.0605. The molecule has 1 aromatic heterocycles. The average molecular weight is 372 g/mol. The zero-order chi connectivity index (χ0) is 19.8. The lowest BCUT2D eigenvalue weighted by molar-refractivity contribution is -0.162. The summed E-state index contributed by atoms with van der Waals surface area (Å²) >= 11 is 0. The van der Waals surface area contributed by atoms with Gasteiger partial charge in [-0.3, -0.25) is 14.4 Å². The lowest BCUT2D eigenvalue weighted by Crippen LogP contribution is -2.57. The van der Waals surface area contributed by atoms with Crippen LogP contribution in [0.2, 0.25) is 0 Å². The van der Waals surface area contributed by atoms with E-state index in [-0.39, 0.29) is 43.0 Å². The van der Waals surface area contributed by atoms with Gasteiger partial charge in [0.2, 0.25) is 0 Å². The Hall–Kier alpha value is -2.67. The third-order valence-electron chi connectivity index (χ3n) is 5.58. The maximum absolute atomic E-state index is 13.2. The molecule has 144 valence electrons. The van der Waals surface area contributed by atoms with Crippen LogP contribution >= 0.6 is 0 Å². The van der Waals surface area contributed by atoms with Crippen molar-refractivity contribution in [1.29, 1.82) is 0 Å². The third kappa shape index (κ3) is 3.12. The van der Waals surface area contributed by atoms with Crippen LogP contribution in [0.3, 0.4) is 0 Å². The van der Waals surface area contributed by atoms with Crippen molar-refractivity contribution in [2.24, 2.45) is 12.5 Å². The Morgan fingerprint density at radius 1 is 1.30 bits per heavy atom. The number of aliphatic carboxylic acids is 1. The molecule has 2 aromatic rings. The minimum atomic E-state index is -1.38. The smallest absolute Gasteiger partial charge is 0.314 e.